The first-order chi connectivity index (χ1) is 6.63. The number of carbonyl (C=O) groups excluding carboxylic acids is 1. The topological polar surface area (TPSA) is 92.9 Å². The van der Waals surface area contributed by atoms with Crippen LogP contribution in [-0.2, 0) is 4.79 Å². The molecule has 6 nitrogen and oxygen atoms in total. The molecular weight excluding hydrogens is 250 g/mol. The van der Waals surface area contributed by atoms with E-state index in [1.165, 1.54) is 0 Å². The molecule has 7 heteroatoms. The van der Waals surface area contributed by atoms with Crippen molar-refractivity contribution in [2.24, 2.45) is 5.73 Å². The average Bonchev–Trinajstić information content (AvgIpc) is 2.16. The number of primary amides is 1. The van der Waals surface area contributed by atoms with Crippen LogP contribution in [0.4, 0.5) is 11.8 Å². The highest BCUT2D eigenvalue weighted by atomic mass is 79.9. The molecule has 0 aliphatic rings. The average molecular weight is 260 g/mol. The Morgan fingerprint density at radius 2 is 2.43 bits per heavy atom. The van der Waals surface area contributed by atoms with Gasteiger partial charge in [0.2, 0.25) is 11.9 Å². The van der Waals surface area contributed by atoms with Crippen LogP contribution in [0.5, 0.6) is 0 Å². The molecule has 0 saturated heterocycles. The van der Waals surface area contributed by atoms with Gasteiger partial charge in [0.15, 0.2) is 0 Å². The van der Waals surface area contributed by atoms with Crippen molar-refractivity contribution in [3.63, 3.8) is 0 Å². The van der Waals surface area contributed by atoms with Gasteiger partial charge in [-0.05, 0) is 15.9 Å². The molecule has 14 heavy (non-hydrogen) atoms. The maximum Gasteiger partial charge on any atom is 0.236 e. The predicted octanol–water partition coefficient (Wildman–Crippen LogP) is 0.178. The third-order valence-electron chi connectivity index (χ3n) is 1.40. The zero-order valence-electron chi connectivity index (χ0n) is 7.54. The fourth-order valence-electron chi connectivity index (χ4n) is 0.782. The number of carbonyl (C=O) groups is 1. The molecule has 0 radical (unpaired) electrons. The Balaban J connectivity index is 2.78. The van der Waals surface area contributed by atoms with Crippen molar-refractivity contribution in [3.8, 4) is 0 Å². The van der Waals surface area contributed by atoms with Gasteiger partial charge in [-0.15, -0.1) is 0 Å². The number of nitrogens with two attached hydrogens (primary N) is 1. The monoisotopic (exact) mass is 259 g/mol. The third kappa shape index (κ3) is 2.84. The lowest BCUT2D eigenvalue weighted by atomic mass is 10.5. The molecule has 76 valence electrons. The maximum absolute atomic E-state index is 10.5. The van der Waals surface area contributed by atoms with E-state index < -0.39 is 5.91 Å². The van der Waals surface area contributed by atoms with Crippen LogP contribution in [0, 0.1) is 0 Å². The Morgan fingerprint density at radius 3 is 3.00 bits per heavy atom. The van der Waals surface area contributed by atoms with Crippen molar-refractivity contribution in [1.82, 2.24) is 9.97 Å². The van der Waals surface area contributed by atoms with Crippen LogP contribution in [-0.4, -0.2) is 29.5 Å². The highest BCUT2D eigenvalue weighted by Crippen LogP contribution is 2.19. The van der Waals surface area contributed by atoms with E-state index in [0.29, 0.717) is 16.2 Å². The van der Waals surface area contributed by atoms with Crippen LogP contribution < -0.4 is 16.4 Å². The molecule has 0 fully saturated rings. The molecule has 1 heterocycles. The fourth-order valence-corrected chi connectivity index (χ4v) is 1.11. The van der Waals surface area contributed by atoms with E-state index in [9.17, 15) is 4.79 Å². The summed E-state index contributed by atoms with van der Waals surface area (Å²) < 4.78 is 0.678. The van der Waals surface area contributed by atoms with Crippen LogP contribution in [0.25, 0.3) is 0 Å². The Labute approximate surface area is 89.4 Å². The van der Waals surface area contributed by atoms with E-state index in [0.717, 1.165) is 0 Å². The van der Waals surface area contributed by atoms with E-state index in [2.05, 4.69) is 36.5 Å². The van der Waals surface area contributed by atoms with Gasteiger partial charge in [0.25, 0.3) is 0 Å². The van der Waals surface area contributed by atoms with Crippen LogP contribution in [0.1, 0.15) is 0 Å². The van der Waals surface area contributed by atoms with Gasteiger partial charge in [-0.3, -0.25) is 4.79 Å². The first-order valence-corrected chi connectivity index (χ1v) is 4.65. The molecule has 4 N–H and O–H groups in total. The Kier molecular flexibility index (Phi) is 3.63. The Morgan fingerprint density at radius 1 is 1.71 bits per heavy atom. The summed E-state index contributed by atoms with van der Waals surface area (Å²) in [4.78, 5) is 18.6. The van der Waals surface area contributed by atoms with Crippen molar-refractivity contribution in [2.45, 2.75) is 0 Å². The zero-order chi connectivity index (χ0) is 10.6. The number of nitrogens with one attached hydrogen (secondary N) is 2. The van der Waals surface area contributed by atoms with E-state index in [1.807, 2.05) is 0 Å². The summed E-state index contributed by atoms with van der Waals surface area (Å²) in [5.74, 6) is 0.560. The van der Waals surface area contributed by atoms with Crippen molar-refractivity contribution < 1.29 is 4.79 Å². The lowest BCUT2D eigenvalue weighted by Crippen LogP contribution is -2.22. The van der Waals surface area contributed by atoms with Gasteiger partial charge in [-0.1, -0.05) is 0 Å². The minimum Gasteiger partial charge on any atom is -0.368 e. The summed E-state index contributed by atoms with van der Waals surface area (Å²) in [5, 5.41) is 5.56. The number of amides is 1. The van der Waals surface area contributed by atoms with E-state index >= 15 is 0 Å². The SMILES string of the molecule is CNc1ncc(Br)c(NCC(N)=O)n1. The summed E-state index contributed by atoms with van der Waals surface area (Å²) >= 11 is 3.24. The van der Waals surface area contributed by atoms with Crippen LogP contribution in [0.2, 0.25) is 0 Å². The molecule has 0 saturated carbocycles. The highest BCUT2D eigenvalue weighted by molar-refractivity contribution is 9.10. The summed E-state index contributed by atoms with van der Waals surface area (Å²) in [5.41, 5.74) is 4.99. The highest BCUT2D eigenvalue weighted by Gasteiger charge is 2.04. The lowest BCUT2D eigenvalue weighted by molar-refractivity contribution is -0.116. The van der Waals surface area contributed by atoms with Gasteiger partial charge >= 0.3 is 0 Å². The summed E-state index contributed by atoms with van der Waals surface area (Å²) in [7, 11) is 1.71. The normalized spacial score (nSPS) is 9.57. The second-order valence-electron chi connectivity index (χ2n) is 2.46. The van der Waals surface area contributed by atoms with Gasteiger partial charge in [0, 0.05) is 13.2 Å². The van der Waals surface area contributed by atoms with Crippen molar-refractivity contribution in [3.05, 3.63) is 10.7 Å². The molecule has 1 aromatic rings. The molecule has 1 aromatic heterocycles. The maximum atomic E-state index is 10.5. The van der Waals surface area contributed by atoms with E-state index in [1.54, 1.807) is 13.2 Å². The van der Waals surface area contributed by atoms with Crippen molar-refractivity contribution in [1.29, 1.82) is 0 Å². The van der Waals surface area contributed by atoms with E-state index in [-0.39, 0.29) is 6.54 Å². The molecule has 0 aliphatic carbocycles. The predicted molar refractivity (Wildman–Crippen MR) is 57.0 cm³/mol. The van der Waals surface area contributed by atoms with Gasteiger partial charge in [-0.25, -0.2) is 4.98 Å². The number of hydrogen-bond acceptors (Lipinski definition) is 5. The lowest BCUT2D eigenvalue weighted by Gasteiger charge is -2.06. The van der Waals surface area contributed by atoms with E-state index in [4.69, 9.17) is 5.73 Å². The second kappa shape index (κ2) is 4.75. The minimum absolute atomic E-state index is 0.0404. The summed E-state index contributed by atoms with van der Waals surface area (Å²) in [6, 6.07) is 0. The number of nitrogens with zero attached hydrogens (tertiary/aromatic N) is 2. The molecule has 0 bridgehead atoms. The molecule has 0 unspecified atom stereocenters. The number of aromatic nitrogens is 2. The molecule has 1 rings (SSSR count). The number of hydrogen-bond donors (Lipinski definition) is 3. The minimum atomic E-state index is -0.443. The third-order valence-corrected chi connectivity index (χ3v) is 1.98. The number of anilines is 2. The Hall–Kier alpha value is -1.37. The largest absolute Gasteiger partial charge is 0.368 e. The number of rotatable bonds is 4. The number of halogens is 1. The molecule has 0 aliphatic heterocycles. The van der Waals surface area contributed by atoms with Crippen LogP contribution in [0.3, 0.4) is 0 Å². The van der Waals surface area contributed by atoms with Gasteiger partial charge in [0.1, 0.15) is 5.82 Å². The second-order valence-corrected chi connectivity index (χ2v) is 3.31. The molecule has 0 aromatic carbocycles. The van der Waals surface area contributed by atoms with Crippen molar-refractivity contribution in [2.75, 3.05) is 24.2 Å². The van der Waals surface area contributed by atoms with Gasteiger partial charge < -0.3 is 16.4 Å². The van der Waals surface area contributed by atoms with Gasteiger partial charge in [-0.2, -0.15) is 4.98 Å². The molecule has 0 spiro atoms. The molecule has 1 amide bonds. The molecule has 0 atom stereocenters. The smallest absolute Gasteiger partial charge is 0.236 e. The Bertz CT molecular complexity index is 343. The standard InChI is InChI=1S/C7H10BrN5O/c1-10-7-12-2-4(8)6(13-7)11-3-5(9)14/h2H,3H2,1H3,(H2,9,14)(H2,10,11,12,13). The first-order valence-electron chi connectivity index (χ1n) is 3.86. The van der Waals surface area contributed by atoms with Crippen LogP contribution in [0.15, 0.2) is 10.7 Å². The molecular formula is C7H10BrN5O. The first kappa shape index (κ1) is 10.7. The zero-order valence-corrected chi connectivity index (χ0v) is 9.13. The van der Waals surface area contributed by atoms with Crippen molar-refractivity contribution >= 4 is 33.6 Å². The van der Waals surface area contributed by atoms with Gasteiger partial charge in [0.05, 0.1) is 11.0 Å². The summed E-state index contributed by atoms with van der Waals surface area (Å²) in [6.07, 6.45) is 1.59. The quantitative estimate of drug-likeness (QED) is 0.718. The summed E-state index contributed by atoms with van der Waals surface area (Å²) in [6.45, 7) is 0.0404. The van der Waals surface area contributed by atoms with Crippen LogP contribution >= 0.6 is 15.9 Å². The fraction of sp³-hybridized carbons (Fsp3) is 0.286.